The van der Waals surface area contributed by atoms with Crippen LogP contribution in [0, 0.1) is 17.2 Å². The fourth-order valence-electron chi connectivity index (χ4n) is 1.47. The number of carbonyl (C=O) groups excluding carboxylic acids is 1. The Morgan fingerprint density at radius 1 is 1.55 bits per heavy atom. The second-order valence-electron chi connectivity index (χ2n) is 4.36. The summed E-state index contributed by atoms with van der Waals surface area (Å²) in [5.41, 5.74) is 0.756. The van der Waals surface area contributed by atoms with Crippen molar-refractivity contribution in [2.75, 3.05) is 18.9 Å². The molecule has 1 atom stereocenters. The highest BCUT2D eigenvalue weighted by Crippen LogP contribution is 2.20. The Bertz CT molecular complexity index is 568. The molecule has 1 unspecified atom stereocenters. The van der Waals surface area contributed by atoms with Crippen LogP contribution in [-0.2, 0) is 4.79 Å². The van der Waals surface area contributed by atoms with E-state index in [4.69, 9.17) is 22.0 Å². The van der Waals surface area contributed by atoms with Crippen molar-refractivity contribution >= 4 is 29.3 Å². The standard InChI is InChI=1S/C13H14ClN3O3/c1-8(12(18)19)7-17(2)13(20)16-10-4-3-9(6-15)11(14)5-10/h3-5,8H,7H2,1-2H3,(H,16,20)(H,18,19). The third kappa shape index (κ3) is 4.14. The van der Waals surface area contributed by atoms with Crippen molar-refractivity contribution in [2.45, 2.75) is 6.92 Å². The number of urea groups is 1. The van der Waals surface area contributed by atoms with Crippen LogP contribution < -0.4 is 5.32 Å². The lowest BCUT2D eigenvalue weighted by Gasteiger charge is -2.20. The molecule has 0 aromatic heterocycles. The Labute approximate surface area is 121 Å². The SMILES string of the molecule is CC(CN(C)C(=O)Nc1ccc(C#N)c(Cl)c1)C(=O)O. The molecule has 0 aliphatic rings. The highest BCUT2D eigenvalue weighted by atomic mass is 35.5. The van der Waals surface area contributed by atoms with Gasteiger partial charge in [0, 0.05) is 19.3 Å². The Kier molecular flexibility index (Phi) is 5.35. The van der Waals surface area contributed by atoms with Gasteiger partial charge in [-0.25, -0.2) is 4.79 Å². The first-order valence-corrected chi connectivity index (χ1v) is 6.17. The molecule has 6 nitrogen and oxygen atoms in total. The van der Waals surface area contributed by atoms with Crippen LogP contribution in [-0.4, -0.2) is 35.6 Å². The summed E-state index contributed by atoms with van der Waals surface area (Å²) in [5, 5.41) is 20.4. The quantitative estimate of drug-likeness (QED) is 0.892. The van der Waals surface area contributed by atoms with Crippen LogP contribution in [0.5, 0.6) is 0 Å². The molecule has 106 valence electrons. The Hall–Kier alpha value is -2.26. The zero-order valence-electron chi connectivity index (χ0n) is 11.1. The van der Waals surface area contributed by atoms with Gasteiger partial charge in [-0.3, -0.25) is 4.79 Å². The topological polar surface area (TPSA) is 93.4 Å². The van der Waals surface area contributed by atoms with E-state index < -0.39 is 17.9 Å². The van der Waals surface area contributed by atoms with Gasteiger partial charge in [-0.15, -0.1) is 0 Å². The summed E-state index contributed by atoms with van der Waals surface area (Å²) in [6, 6.07) is 5.99. The van der Waals surface area contributed by atoms with Crippen molar-refractivity contribution in [3.8, 4) is 6.07 Å². The molecule has 2 amide bonds. The number of carboxylic acids is 1. The van der Waals surface area contributed by atoms with Crippen molar-refractivity contribution in [1.82, 2.24) is 4.90 Å². The summed E-state index contributed by atoms with van der Waals surface area (Å²) in [7, 11) is 1.50. The maximum absolute atomic E-state index is 11.9. The maximum Gasteiger partial charge on any atom is 0.321 e. The van der Waals surface area contributed by atoms with E-state index >= 15 is 0 Å². The second kappa shape index (κ2) is 6.78. The Morgan fingerprint density at radius 3 is 2.70 bits per heavy atom. The number of nitrogens with zero attached hydrogens (tertiary/aromatic N) is 2. The minimum absolute atomic E-state index is 0.0885. The van der Waals surface area contributed by atoms with E-state index in [0.717, 1.165) is 0 Å². The van der Waals surface area contributed by atoms with Crippen LogP contribution in [0.1, 0.15) is 12.5 Å². The number of carbonyl (C=O) groups is 2. The first-order chi connectivity index (χ1) is 9.35. The minimum atomic E-state index is -0.967. The Balaban J connectivity index is 2.69. The molecular formula is C13H14ClN3O3. The first kappa shape index (κ1) is 15.8. The van der Waals surface area contributed by atoms with Gasteiger partial charge in [0.05, 0.1) is 16.5 Å². The second-order valence-corrected chi connectivity index (χ2v) is 4.76. The smallest absolute Gasteiger partial charge is 0.321 e. The highest BCUT2D eigenvalue weighted by molar-refractivity contribution is 6.32. The number of nitriles is 1. The van der Waals surface area contributed by atoms with Crippen LogP contribution in [0.15, 0.2) is 18.2 Å². The van der Waals surface area contributed by atoms with Crippen LogP contribution in [0.2, 0.25) is 5.02 Å². The summed E-state index contributed by atoms with van der Waals surface area (Å²) in [6.07, 6.45) is 0. The van der Waals surface area contributed by atoms with Gasteiger partial charge in [-0.1, -0.05) is 18.5 Å². The fourth-order valence-corrected chi connectivity index (χ4v) is 1.70. The number of benzene rings is 1. The lowest BCUT2D eigenvalue weighted by atomic mass is 10.2. The number of hydrogen-bond acceptors (Lipinski definition) is 3. The van der Waals surface area contributed by atoms with E-state index in [2.05, 4.69) is 5.32 Å². The number of halogens is 1. The van der Waals surface area contributed by atoms with Gasteiger partial charge in [0.15, 0.2) is 0 Å². The normalized spacial score (nSPS) is 11.3. The zero-order chi connectivity index (χ0) is 15.3. The first-order valence-electron chi connectivity index (χ1n) is 5.79. The van der Waals surface area contributed by atoms with Crippen molar-refractivity contribution in [3.05, 3.63) is 28.8 Å². The van der Waals surface area contributed by atoms with Crippen molar-refractivity contribution in [3.63, 3.8) is 0 Å². The summed E-state index contributed by atoms with van der Waals surface area (Å²) in [4.78, 5) is 23.8. The predicted octanol–water partition coefficient (Wildman–Crippen LogP) is 2.40. The molecule has 0 radical (unpaired) electrons. The van der Waals surface area contributed by atoms with E-state index in [0.29, 0.717) is 11.3 Å². The fraction of sp³-hybridized carbons (Fsp3) is 0.308. The maximum atomic E-state index is 11.9. The summed E-state index contributed by atoms with van der Waals surface area (Å²) >= 11 is 5.85. The van der Waals surface area contributed by atoms with Crippen molar-refractivity contribution < 1.29 is 14.7 Å². The van der Waals surface area contributed by atoms with Gasteiger partial charge in [-0.2, -0.15) is 5.26 Å². The Morgan fingerprint density at radius 2 is 2.20 bits per heavy atom. The number of anilines is 1. The molecule has 1 rings (SSSR count). The molecule has 0 spiro atoms. The third-order valence-corrected chi connectivity index (χ3v) is 2.97. The molecule has 1 aromatic carbocycles. The van der Waals surface area contributed by atoms with Gasteiger partial charge in [0.1, 0.15) is 6.07 Å². The molecule has 1 aromatic rings. The molecular weight excluding hydrogens is 282 g/mol. The van der Waals surface area contributed by atoms with Gasteiger partial charge in [0.25, 0.3) is 0 Å². The molecule has 0 heterocycles. The molecule has 0 aliphatic carbocycles. The largest absolute Gasteiger partial charge is 0.481 e. The highest BCUT2D eigenvalue weighted by Gasteiger charge is 2.17. The van der Waals surface area contributed by atoms with E-state index in [1.807, 2.05) is 6.07 Å². The minimum Gasteiger partial charge on any atom is -0.481 e. The lowest BCUT2D eigenvalue weighted by Crippen LogP contribution is -2.36. The third-order valence-electron chi connectivity index (χ3n) is 2.66. The van der Waals surface area contributed by atoms with Crippen molar-refractivity contribution in [1.29, 1.82) is 5.26 Å². The average Bonchev–Trinajstić information content (AvgIpc) is 2.38. The molecule has 0 saturated carbocycles. The van der Waals surface area contributed by atoms with Crippen LogP contribution in [0.25, 0.3) is 0 Å². The number of amides is 2. The summed E-state index contributed by atoms with van der Waals surface area (Å²) in [5.74, 6) is -1.62. The number of rotatable bonds is 4. The zero-order valence-corrected chi connectivity index (χ0v) is 11.8. The van der Waals surface area contributed by atoms with E-state index in [-0.39, 0.29) is 11.6 Å². The molecule has 0 bridgehead atoms. The van der Waals surface area contributed by atoms with E-state index in [1.165, 1.54) is 31.0 Å². The summed E-state index contributed by atoms with van der Waals surface area (Å²) in [6.45, 7) is 1.61. The van der Waals surface area contributed by atoms with Gasteiger partial charge in [-0.05, 0) is 18.2 Å². The summed E-state index contributed by atoms with van der Waals surface area (Å²) < 4.78 is 0. The number of carboxylic acid groups (broad SMARTS) is 1. The molecule has 20 heavy (non-hydrogen) atoms. The lowest BCUT2D eigenvalue weighted by molar-refractivity contribution is -0.141. The van der Waals surface area contributed by atoms with Crippen LogP contribution in [0.4, 0.5) is 10.5 Å². The predicted molar refractivity (Wildman–Crippen MR) is 74.6 cm³/mol. The molecule has 2 N–H and O–H groups in total. The van der Waals surface area contributed by atoms with E-state index in [9.17, 15) is 9.59 Å². The molecule has 7 heteroatoms. The van der Waals surface area contributed by atoms with Gasteiger partial charge < -0.3 is 15.3 Å². The van der Waals surface area contributed by atoms with Crippen molar-refractivity contribution in [2.24, 2.45) is 5.92 Å². The molecule has 0 aliphatic heterocycles. The molecule has 0 fully saturated rings. The van der Waals surface area contributed by atoms with Crippen LogP contribution in [0.3, 0.4) is 0 Å². The van der Waals surface area contributed by atoms with Gasteiger partial charge >= 0.3 is 12.0 Å². The molecule has 0 saturated heterocycles. The number of hydrogen-bond donors (Lipinski definition) is 2. The number of nitrogens with one attached hydrogen (secondary N) is 1. The monoisotopic (exact) mass is 295 g/mol. The van der Waals surface area contributed by atoms with E-state index in [1.54, 1.807) is 6.07 Å². The van der Waals surface area contributed by atoms with Gasteiger partial charge in [0.2, 0.25) is 0 Å². The van der Waals surface area contributed by atoms with Crippen LogP contribution >= 0.6 is 11.6 Å². The number of aliphatic carboxylic acids is 1. The average molecular weight is 296 g/mol.